The maximum absolute atomic E-state index is 12.9. The zero-order valence-electron chi connectivity index (χ0n) is 21.2. The van der Waals surface area contributed by atoms with Crippen molar-refractivity contribution in [1.82, 2.24) is 5.43 Å². The standard InChI is InChI=1S/C30H25FN4O5/c31-23-8-10-24(11-9-23)33-28(36)20-40-26-14-6-21(7-15-26)18-32-35-30(38)29(37)34-25-12-16-27(17-13-25)39-19-22-4-2-1-3-5-22/h1-18H,19-20H2,(H,33,36)(H,34,37)(H,35,38)/b32-18-. The van der Waals surface area contributed by atoms with Crippen molar-refractivity contribution in [3.8, 4) is 11.5 Å². The Hall–Kier alpha value is -5.51. The summed E-state index contributed by atoms with van der Waals surface area (Å²) in [7, 11) is 0. The second kappa shape index (κ2) is 13.9. The first kappa shape index (κ1) is 27.5. The van der Waals surface area contributed by atoms with Gasteiger partial charge in [0.2, 0.25) is 0 Å². The molecule has 0 radical (unpaired) electrons. The van der Waals surface area contributed by atoms with Crippen molar-refractivity contribution < 1.29 is 28.2 Å². The molecule has 0 aliphatic rings. The Morgan fingerprint density at radius 3 is 2.00 bits per heavy atom. The van der Waals surface area contributed by atoms with Crippen molar-refractivity contribution in [2.24, 2.45) is 5.10 Å². The van der Waals surface area contributed by atoms with Crippen LogP contribution in [-0.2, 0) is 21.0 Å². The number of anilines is 2. The zero-order chi connectivity index (χ0) is 28.2. The highest BCUT2D eigenvalue weighted by Gasteiger charge is 2.13. The van der Waals surface area contributed by atoms with Gasteiger partial charge < -0.3 is 20.1 Å². The summed E-state index contributed by atoms with van der Waals surface area (Å²) in [4.78, 5) is 36.2. The number of amides is 3. The second-order valence-corrected chi connectivity index (χ2v) is 8.36. The molecule has 4 rings (SSSR count). The molecule has 0 fully saturated rings. The Labute approximate surface area is 229 Å². The molecule has 0 unspecified atom stereocenters. The number of hydrogen-bond donors (Lipinski definition) is 3. The van der Waals surface area contributed by atoms with E-state index >= 15 is 0 Å². The summed E-state index contributed by atoms with van der Waals surface area (Å²) in [5.74, 6) is -1.55. The number of nitrogens with zero attached hydrogens (tertiary/aromatic N) is 1. The number of carbonyl (C=O) groups is 3. The van der Waals surface area contributed by atoms with Crippen molar-refractivity contribution in [1.29, 1.82) is 0 Å². The Bertz CT molecular complexity index is 1460. The minimum absolute atomic E-state index is 0.237. The SMILES string of the molecule is O=C(COc1ccc(/C=N\NC(=O)C(=O)Nc2ccc(OCc3ccccc3)cc2)cc1)Nc1ccc(F)cc1. The van der Waals surface area contributed by atoms with Gasteiger partial charge in [-0.15, -0.1) is 0 Å². The molecule has 4 aromatic rings. The van der Waals surface area contributed by atoms with Crippen LogP contribution in [-0.4, -0.2) is 30.5 Å². The third kappa shape index (κ3) is 8.80. The molecular weight excluding hydrogens is 515 g/mol. The van der Waals surface area contributed by atoms with Crippen molar-refractivity contribution >= 4 is 35.3 Å². The average molecular weight is 541 g/mol. The number of nitrogens with one attached hydrogen (secondary N) is 3. The van der Waals surface area contributed by atoms with E-state index in [9.17, 15) is 18.8 Å². The topological polar surface area (TPSA) is 118 Å². The number of rotatable bonds is 10. The lowest BCUT2D eigenvalue weighted by atomic mass is 10.2. The summed E-state index contributed by atoms with van der Waals surface area (Å²) in [6, 6.07) is 28.3. The molecule has 0 aromatic heterocycles. The first-order valence-corrected chi connectivity index (χ1v) is 12.1. The minimum atomic E-state index is -0.937. The quantitative estimate of drug-likeness (QED) is 0.155. The molecular formula is C30H25FN4O5. The van der Waals surface area contributed by atoms with E-state index in [1.54, 1.807) is 48.5 Å². The fourth-order valence-corrected chi connectivity index (χ4v) is 3.31. The molecule has 3 N–H and O–H groups in total. The van der Waals surface area contributed by atoms with Gasteiger partial charge in [-0.3, -0.25) is 14.4 Å². The highest BCUT2D eigenvalue weighted by atomic mass is 19.1. The van der Waals surface area contributed by atoms with E-state index in [0.29, 0.717) is 35.0 Å². The molecule has 0 aliphatic heterocycles. The normalized spacial score (nSPS) is 10.5. The summed E-state index contributed by atoms with van der Waals surface area (Å²) in [5.41, 5.74) is 4.71. The van der Waals surface area contributed by atoms with Crippen LogP contribution in [0.5, 0.6) is 11.5 Å². The molecule has 0 saturated heterocycles. The molecule has 0 atom stereocenters. The Morgan fingerprint density at radius 2 is 1.30 bits per heavy atom. The van der Waals surface area contributed by atoms with Gasteiger partial charge in [-0.2, -0.15) is 5.10 Å². The lowest BCUT2D eigenvalue weighted by Crippen LogP contribution is -2.32. The van der Waals surface area contributed by atoms with Gasteiger partial charge in [-0.1, -0.05) is 30.3 Å². The van der Waals surface area contributed by atoms with Crippen LogP contribution in [0.3, 0.4) is 0 Å². The molecule has 9 nitrogen and oxygen atoms in total. The fourth-order valence-electron chi connectivity index (χ4n) is 3.31. The van der Waals surface area contributed by atoms with E-state index in [-0.39, 0.29) is 6.61 Å². The molecule has 0 aliphatic carbocycles. The van der Waals surface area contributed by atoms with Crippen LogP contribution in [0.1, 0.15) is 11.1 Å². The Morgan fingerprint density at radius 1 is 0.700 bits per heavy atom. The number of hydrazone groups is 1. The third-order valence-corrected chi connectivity index (χ3v) is 5.32. The molecule has 40 heavy (non-hydrogen) atoms. The summed E-state index contributed by atoms with van der Waals surface area (Å²) >= 11 is 0. The highest BCUT2D eigenvalue weighted by Crippen LogP contribution is 2.17. The lowest BCUT2D eigenvalue weighted by molar-refractivity contribution is -0.136. The van der Waals surface area contributed by atoms with Crippen LogP contribution in [0.2, 0.25) is 0 Å². The maximum Gasteiger partial charge on any atom is 0.329 e. The van der Waals surface area contributed by atoms with E-state index in [4.69, 9.17) is 9.47 Å². The van der Waals surface area contributed by atoms with E-state index in [2.05, 4.69) is 21.2 Å². The molecule has 0 saturated carbocycles. The van der Waals surface area contributed by atoms with Crippen molar-refractivity contribution in [2.45, 2.75) is 6.61 Å². The third-order valence-electron chi connectivity index (χ3n) is 5.32. The van der Waals surface area contributed by atoms with E-state index in [0.717, 1.165) is 5.56 Å². The monoisotopic (exact) mass is 540 g/mol. The summed E-state index contributed by atoms with van der Waals surface area (Å²) in [6.45, 7) is 0.179. The summed E-state index contributed by atoms with van der Waals surface area (Å²) in [5, 5.41) is 8.88. The summed E-state index contributed by atoms with van der Waals surface area (Å²) < 4.78 is 24.1. The van der Waals surface area contributed by atoms with E-state index in [1.807, 2.05) is 30.3 Å². The smallest absolute Gasteiger partial charge is 0.329 e. The van der Waals surface area contributed by atoms with E-state index < -0.39 is 23.5 Å². The number of ether oxygens (including phenoxy) is 2. The van der Waals surface area contributed by atoms with Gasteiger partial charge in [0.25, 0.3) is 5.91 Å². The minimum Gasteiger partial charge on any atom is -0.489 e. The van der Waals surface area contributed by atoms with Crippen molar-refractivity contribution in [3.05, 3.63) is 120 Å². The van der Waals surface area contributed by atoms with Crippen LogP contribution >= 0.6 is 0 Å². The van der Waals surface area contributed by atoms with Gasteiger partial charge in [0.1, 0.15) is 23.9 Å². The van der Waals surface area contributed by atoms with Crippen LogP contribution in [0, 0.1) is 5.82 Å². The Kier molecular flexibility index (Phi) is 9.54. The van der Waals surface area contributed by atoms with Gasteiger partial charge in [0.05, 0.1) is 6.21 Å². The van der Waals surface area contributed by atoms with Crippen LogP contribution < -0.4 is 25.5 Å². The molecule has 0 spiro atoms. The van der Waals surface area contributed by atoms with E-state index in [1.165, 1.54) is 30.5 Å². The number of benzene rings is 4. The average Bonchev–Trinajstić information content (AvgIpc) is 2.98. The van der Waals surface area contributed by atoms with Gasteiger partial charge in [0.15, 0.2) is 6.61 Å². The zero-order valence-corrected chi connectivity index (χ0v) is 21.2. The largest absolute Gasteiger partial charge is 0.489 e. The van der Waals surface area contributed by atoms with Gasteiger partial charge >= 0.3 is 11.8 Å². The second-order valence-electron chi connectivity index (χ2n) is 8.36. The molecule has 3 amide bonds. The Balaban J connectivity index is 1.17. The summed E-state index contributed by atoms with van der Waals surface area (Å²) in [6.07, 6.45) is 1.36. The number of hydrogen-bond acceptors (Lipinski definition) is 6. The highest BCUT2D eigenvalue weighted by molar-refractivity contribution is 6.39. The predicted molar refractivity (Wildman–Crippen MR) is 149 cm³/mol. The van der Waals surface area contributed by atoms with Gasteiger partial charge in [-0.05, 0) is 83.9 Å². The molecule has 4 aromatic carbocycles. The molecule has 10 heteroatoms. The van der Waals surface area contributed by atoms with Crippen LogP contribution in [0.4, 0.5) is 15.8 Å². The van der Waals surface area contributed by atoms with Crippen LogP contribution in [0.25, 0.3) is 0 Å². The molecule has 0 bridgehead atoms. The van der Waals surface area contributed by atoms with Gasteiger partial charge in [-0.25, -0.2) is 9.82 Å². The number of carbonyl (C=O) groups excluding carboxylic acids is 3. The lowest BCUT2D eigenvalue weighted by Gasteiger charge is -2.08. The van der Waals surface area contributed by atoms with Crippen molar-refractivity contribution in [2.75, 3.05) is 17.2 Å². The number of halogens is 1. The first-order chi connectivity index (χ1) is 19.4. The molecule has 0 heterocycles. The molecule has 202 valence electrons. The van der Waals surface area contributed by atoms with Crippen molar-refractivity contribution in [3.63, 3.8) is 0 Å². The fraction of sp³-hybridized carbons (Fsp3) is 0.0667. The van der Waals surface area contributed by atoms with Crippen LogP contribution in [0.15, 0.2) is 108 Å². The maximum atomic E-state index is 12.9. The first-order valence-electron chi connectivity index (χ1n) is 12.1. The predicted octanol–water partition coefficient (Wildman–Crippen LogP) is 4.51. The van der Waals surface area contributed by atoms with Gasteiger partial charge in [0, 0.05) is 11.4 Å².